The average molecular weight is 247 g/mol. The Morgan fingerprint density at radius 1 is 1.33 bits per heavy atom. The van der Waals surface area contributed by atoms with E-state index in [1.54, 1.807) is 18.3 Å². The molecule has 0 bridgehead atoms. The van der Waals surface area contributed by atoms with Gasteiger partial charge in [-0.25, -0.2) is 0 Å². The Morgan fingerprint density at radius 3 is 3.00 bits per heavy atom. The van der Waals surface area contributed by atoms with Gasteiger partial charge in [0.05, 0.1) is 13.2 Å². The van der Waals surface area contributed by atoms with Gasteiger partial charge in [0, 0.05) is 56.3 Å². The highest BCUT2D eigenvalue weighted by Crippen LogP contribution is 2.05. The van der Waals surface area contributed by atoms with Crippen LogP contribution in [0, 0.1) is 0 Å². The quantitative estimate of drug-likeness (QED) is 0.859. The molecule has 2 aromatic rings. The van der Waals surface area contributed by atoms with Gasteiger partial charge in [0.2, 0.25) is 0 Å². The molecular weight excluding hydrogens is 230 g/mol. The zero-order valence-electron chi connectivity index (χ0n) is 10.3. The number of morpholine rings is 1. The van der Waals surface area contributed by atoms with Crippen molar-refractivity contribution in [3.63, 3.8) is 0 Å². The fraction of sp³-hybridized carbons (Fsp3) is 0.462. The molecule has 0 radical (unpaired) electrons. The number of ether oxygens (including phenoxy) is 1. The third-order valence-electron chi connectivity index (χ3n) is 3.34. The van der Waals surface area contributed by atoms with E-state index in [9.17, 15) is 4.79 Å². The Kier molecular flexibility index (Phi) is 3.17. The lowest BCUT2D eigenvalue weighted by Crippen LogP contribution is -2.37. The molecule has 3 heterocycles. The van der Waals surface area contributed by atoms with Crippen LogP contribution in [-0.2, 0) is 11.2 Å². The molecule has 0 spiro atoms. The second kappa shape index (κ2) is 4.96. The highest BCUT2D eigenvalue weighted by atomic mass is 16.5. The molecule has 5 heteroatoms. The number of nitrogens with zero attached hydrogens (tertiary/aromatic N) is 2. The van der Waals surface area contributed by atoms with Crippen molar-refractivity contribution in [1.82, 2.24) is 14.3 Å². The minimum absolute atomic E-state index is 0.0385. The van der Waals surface area contributed by atoms with Crippen molar-refractivity contribution >= 4 is 5.65 Å². The van der Waals surface area contributed by atoms with Crippen molar-refractivity contribution in [3.05, 3.63) is 40.4 Å². The summed E-state index contributed by atoms with van der Waals surface area (Å²) < 4.78 is 7.28. The van der Waals surface area contributed by atoms with E-state index in [1.165, 1.54) is 0 Å². The molecule has 0 aromatic carbocycles. The second-order valence-corrected chi connectivity index (χ2v) is 4.64. The van der Waals surface area contributed by atoms with Crippen LogP contribution in [-0.4, -0.2) is 47.1 Å². The molecule has 2 aromatic heterocycles. The fourth-order valence-electron chi connectivity index (χ4n) is 2.30. The molecule has 3 rings (SSSR count). The molecule has 1 aliphatic heterocycles. The van der Waals surface area contributed by atoms with E-state index in [-0.39, 0.29) is 5.43 Å². The Bertz CT molecular complexity index is 581. The molecule has 0 amide bonds. The SMILES string of the molecule is O=c1ccn2cc(CCN3CCOCC3)[nH]c2c1. The van der Waals surface area contributed by atoms with E-state index < -0.39 is 0 Å². The molecule has 18 heavy (non-hydrogen) atoms. The highest BCUT2D eigenvalue weighted by Gasteiger charge is 2.10. The second-order valence-electron chi connectivity index (χ2n) is 4.64. The standard InChI is InChI=1S/C13H17N3O2/c17-12-2-4-16-10-11(14-13(16)9-12)1-3-15-5-7-18-8-6-15/h2,4,9-10,14H,1,3,5-8H2. The average Bonchev–Trinajstić information content (AvgIpc) is 2.79. The van der Waals surface area contributed by atoms with Gasteiger partial charge in [0.25, 0.3) is 0 Å². The molecular formula is C13H17N3O2. The first-order valence-electron chi connectivity index (χ1n) is 6.31. The first kappa shape index (κ1) is 11.5. The van der Waals surface area contributed by atoms with Crippen molar-refractivity contribution in [2.24, 2.45) is 0 Å². The van der Waals surface area contributed by atoms with Gasteiger partial charge in [-0.2, -0.15) is 0 Å². The minimum atomic E-state index is 0.0385. The van der Waals surface area contributed by atoms with E-state index in [0.717, 1.165) is 50.6 Å². The third kappa shape index (κ3) is 2.47. The van der Waals surface area contributed by atoms with E-state index >= 15 is 0 Å². The lowest BCUT2D eigenvalue weighted by atomic mass is 10.3. The number of fused-ring (bicyclic) bond motifs is 1. The topological polar surface area (TPSA) is 49.7 Å². The lowest BCUT2D eigenvalue weighted by molar-refractivity contribution is 0.0383. The van der Waals surface area contributed by atoms with Crippen molar-refractivity contribution in [2.75, 3.05) is 32.8 Å². The smallest absolute Gasteiger partial charge is 0.183 e. The number of nitrogens with one attached hydrogen (secondary N) is 1. The summed E-state index contributed by atoms with van der Waals surface area (Å²) in [5.41, 5.74) is 2.06. The molecule has 0 unspecified atom stereocenters. The molecule has 0 atom stereocenters. The van der Waals surface area contributed by atoms with E-state index in [1.807, 2.05) is 4.40 Å². The minimum Gasteiger partial charge on any atom is -0.379 e. The third-order valence-corrected chi connectivity index (χ3v) is 3.34. The Labute approximate surface area is 105 Å². The van der Waals surface area contributed by atoms with Crippen molar-refractivity contribution in [3.8, 4) is 0 Å². The van der Waals surface area contributed by atoms with Gasteiger partial charge in [-0.15, -0.1) is 0 Å². The number of aromatic nitrogens is 2. The van der Waals surface area contributed by atoms with Crippen LogP contribution >= 0.6 is 0 Å². The maximum atomic E-state index is 11.2. The zero-order chi connectivity index (χ0) is 12.4. The van der Waals surface area contributed by atoms with E-state index in [4.69, 9.17) is 4.74 Å². The monoisotopic (exact) mass is 247 g/mol. The number of hydrogen-bond donors (Lipinski definition) is 1. The van der Waals surface area contributed by atoms with Gasteiger partial charge in [0.1, 0.15) is 5.65 Å². The van der Waals surface area contributed by atoms with Crippen LogP contribution < -0.4 is 5.43 Å². The molecule has 1 N–H and O–H groups in total. The number of pyridine rings is 1. The summed E-state index contributed by atoms with van der Waals surface area (Å²) in [5.74, 6) is 0. The number of rotatable bonds is 3. The first-order valence-corrected chi connectivity index (χ1v) is 6.31. The Morgan fingerprint density at radius 2 is 2.17 bits per heavy atom. The molecule has 0 aliphatic carbocycles. The normalized spacial score (nSPS) is 17.3. The van der Waals surface area contributed by atoms with Crippen LogP contribution in [0.3, 0.4) is 0 Å². The first-order chi connectivity index (χ1) is 8.81. The zero-order valence-corrected chi connectivity index (χ0v) is 10.3. The van der Waals surface area contributed by atoms with Crippen LogP contribution in [0.1, 0.15) is 5.69 Å². The van der Waals surface area contributed by atoms with Crippen LogP contribution in [0.15, 0.2) is 29.3 Å². The summed E-state index contributed by atoms with van der Waals surface area (Å²) in [7, 11) is 0. The summed E-state index contributed by atoms with van der Waals surface area (Å²) in [6.07, 6.45) is 4.82. The van der Waals surface area contributed by atoms with E-state index in [0.29, 0.717) is 0 Å². The largest absolute Gasteiger partial charge is 0.379 e. The van der Waals surface area contributed by atoms with Gasteiger partial charge in [-0.05, 0) is 0 Å². The van der Waals surface area contributed by atoms with Crippen LogP contribution in [0.2, 0.25) is 0 Å². The molecule has 5 nitrogen and oxygen atoms in total. The van der Waals surface area contributed by atoms with Gasteiger partial charge < -0.3 is 14.1 Å². The summed E-state index contributed by atoms with van der Waals surface area (Å²) in [4.78, 5) is 16.9. The maximum Gasteiger partial charge on any atom is 0.183 e. The summed E-state index contributed by atoms with van der Waals surface area (Å²) in [6, 6.07) is 3.20. The van der Waals surface area contributed by atoms with Gasteiger partial charge in [-0.3, -0.25) is 9.69 Å². The Balaban J connectivity index is 1.68. The van der Waals surface area contributed by atoms with Gasteiger partial charge in [-0.1, -0.05) is 0 Å². The van der Waals surface area contributed by atoms with E-state index in [2.05, 4.69) is 16.1 Å². The number of H-pyrrole nitrogens is 1. The summed E-state index contributed by atoms with van der Waals surface area (Å²) in [5, 5.41) is 0. The van der Waals surface area contributed by atoms with Crippen molar-refractivity contribution in [1.29, 1.82) is 0 Å². The number of imidazole rings is 1. The molecule has 1 aliphatic rings. The number of hydrogen-bond acceptors (Lipinski definition) is 3. The molecule has 0 saturated carbocycles. The Hall–Kier alpha value is -1.59. The summed E-state index contributed by atoms with van der Waals surface area (Å²) >= 11 is 0. The fourth-order valence-corrected chi connectivity index (χ4v) is 2.30. The van der Waals surface area contributed by atoms with Crippen molar-refractivity contribution in [2.45, 2.75) is 6.42 Å². The van der Waals surface area contributed by atoms with Crippen LogP contribution in [0.25, 0.3) is 5.65 Å². The summed E-state index contributed by atoms with van der Waals surface area (Å²) in [6.45, 7) is 4.72. The highest BCUT2D eigenvalue weighted by molar-refractivity contribution is 5.39. The van der Waals surface area contributed by atoms with Gasteiger partial charge >= 0.3 is 0 Å². The number of aromatic amines is 1. The predicted octanol–water partition coefficient (Wildman–Crippen LogP) is 0.502. The van der Waals surface area contributed by atoms with Crippen molar-refractivity contribution < 1.29 is 4.74 Å². The molecule has 96 valence electrons. The van der Waals surface area contributed by atoms with Gasteiger partial charge in [0.15, 0.2) is 5.43 Å². The van der Waals surface area contributed by atoms with Crippen LogP contribution in [0.4, 0.5) is 0 Å². The van der Waals surface area contributed by atoms with Crippen LogP contribution in [0.5, 0.6) is 0 Å². The molecule has 1 saturated heterocycles. The molecule has 1 fully saturated rings. The lowest BCUT2D eigenvalue weighted by Gasteiger charge is -2.26. The maximum absolute atomic E-state index is 11.2. The predicted molar refractivity (Wildman–Crippen MR) is 69.0 cm³/mol.